The third kappa shape index (κ3) is 3.28. The number of amides is 1. The van der Waals surface area contributed by atoms with E-state index in [0.29, 0.717) is 19.1 Å². The number of hydrogen-bond acceptors (Lipinski definition) is 7. The summed E-state index contributed by atoms with van der Waals surface area (Å²) in [5.41, 5.74) is 1.22. The molecular weight excluding hydrogens is 334 g/mol. The lowest BCUT2D eigenvalue weighted by molar-refractivity contribution is -0.0593. The van der Waals surface area contributed by atoms with Crippen LogP contribution in [0.15, 0.2) is 0 Å². The summed E-state index contributed by atoms with van der Waals surface area (Å²) in [6.45, 7) is 6.09. The van der Waals surface area contributed by atoms with Crippen LogP contribution >= 0.6 is 0 Å². The summed E-state index contributed by atoms with van der Waals surface area (Å²) < 4.78 is 0. The second-order valence-corrected chi connectivity index (χ2v) is 7.91. The molecule has 2 saturated heterocycles. The van der Waals surface area contributed by atoms with Crippen LogP contribution < -0.4 is 4.90 Å². The van der Waals surface area contributed by atoms with Gasteiger partial charge in [-0.25, -0.2) is 9.97 Å². The first kappa shape index (κ1) is 19.0. The number of carbonyl (C=O) groups excluding carboxylic acids is 1. The summed E-state index contributed by atoms with van der Waals surface area (Å²) in [6, 6.07) is 0.480. The fraction of sp³-hybridized carbons (Fsp3) is 0.722. The summed E-state index contributed by atoms with van der Waals surface area (Å²) >= 11 is 0. The number of aliphatic hydroxyl groups is 2. The Bertz CT molecular complexity index is 682. The topological polar surface area (TPSA) is 93.0 Å². The Labute approximate surface area is 154 Å². The fourth-order valence-corrected chi connectivity index (χ4v) is 3.67. The van der Waals surface area contributed by atoms with Crippen LogP contribution in [0.2, 0.25) is 0 Å². The van der Waals surface area contributed by atoms with Gasteiger partial charge in [-0.15, -0.1) is 0 Å². The average Bonchev–Trinajstić information content (AvgIpc) is 3.07. The number of anilines is 1. The Hall–Kier alpha value is -1.77. The van der Waals surface area contributed by atoms with Crippen LogP contribution in [0, 0.1) is 19.3 Å². The molecule has 8 nitrogen and oxygen atoms in total. The Kier molecular flexibility index (Phi) is 5.18. The Balaban J connectivity index is 1.80. The van der Waals surface area contributed by atoms with Gasteiger partial charge in [-0.05, 0) is 34.4 Å². The number of nitrogens with zero attached hydrogens (tertiary/aromatic N) is 5. The molecule has 1 amide bonds. The highest BCUT2D eigenvalue weighted by Crippen LogP contribution is 2.31. The minimum absolute atomic E-state index is 0.133. The van der Waals surface area contributed by atoms with Crippen LogP contribution in [0.4, 0.5) is 5.82 Å². The van der Waals surface area contributed by atoms with Crippen LogP contribution in [-0.2, 0) is 0 Å². The summed E-state index contributed by atoms with van der Waals surface area (Å²) in [4.78, 5) is 27.8. The maximum absolute atomic E-state index is 12.8. The first-order valence-corrected chi connectivity index (χ1v) is 9.08. The quantitative estimate of drug-likeness (QED) is 0.739. The minimum atomic E-state index is -0.591. The number of likely N-dealkylation sites (N-methyl/N-ethyl adjacent to an activating group) is 1. The summed E-state index contributed by atoms with van der Waals surface area (Å²) in [6.07, 6.45) is 1.07. The first-order chi connectivity index (χ1) is 12.3. The normalized spacial score (nSPS) is 22.0. The lowest BCUT2D eigenvalue weighted by Gasteiger charge is -2.47. The molecule has 0 unspecified atom stereocenters. The van der Waals surface area contributed by atoms with Gasteiger partial charge in [-0.1, -0.05) is 0 Å². The van der Waals surface area contributed by atoms with Gasteiger partial charge in [0.2, 0.25) is 5.82 Å². The van der Waals surface area contributed by atoms with E-state index in [1.165, 1.54) is 0 Å². The molecule has 2 aliphatic heterocycles. The lowest BCUT2D eigenvalue weighted by atomic mass is 9.81. The van der Waals surface area contributed by atoms with E-state index in [9.17, 15) is 15.0 Å². The first-order valence-electron chi connectivity index (χ1n) is 9.08. The Morgan fingerprint density at radius 1 is 1.23 bits per heavy atom. The number of aliphatic hydroxyl groups excluding tert-OH is 2. The second-order valence-electron chi connectivity index (χ2n) is 7.91. The van der Waals surface area contributed by atoms with Crippen LogP contribution in [-0.4, -0.2) is 95.4 Å². The van der Waals surface area contributed by atoms with Gasteiger partial charge in [-0.3, -0.25) is 4.79 Å². The predicted molar refractivity (Wildman–Crippen MR) is 98.3 cm³/mol. The fourth-order valence-electron chi connectivity index (χ4n) is 3.67. The van der Waals surface area contributed by atoms with Gasteiger partial charge >= 0.3 is 0 Å². The van der Waals surface area contributed by atoms with Crippen LogP contribution in [0.3, 0.4) is 0 Å². The SMILES string of the molecule is Cc1nc(C(=O)N2CC(CO)(CO)C2)nc(N2CC[C@@H](N(C)C)C2)c1C. The van der Waals surface area contributed by atoms with Crippen molar-refractivity contribution in [3.05, 3.63) is 17.1 Å². The van der Waals surface area contributed by atoms with E-state index < -0.39 is 5.41 Å². The molecule has 0 bridgehead atoms. The standard InChI is InChI=1S/C18H29N5O3/c1-12-13(2)19-15(17(26)23-8-18(9-23,10-24)11-25)20-16(12)22-6-5-14(7-22)21(3)4/h14,24-25H,5-11H2,1-4H3/t14-/m1/s1. The molecular formula is C18H29N5O3. The van der Waals surface area contributed by atoms with Crippen molar-refractivity contribution < 1.29 is 15.0 Å². The van der Waals surface area contributed by atoms with Crippen molar-refractivity contribution >= 4 is 11.7 Å². The molecule has 8 heteroatoms. The van der Waals surface area contributed by atoms with Crippen molar-refractivity contribution in [1.82, 2.24) is 19.8 Å². The molecule has 3 rings (SSSR count). The zero-order valence-electron chi connectivity index (χ0n) is 16.1. The number of hydrogen-bond donors (Lipinski definition) is 2. The van der Waals surface area contributed by atoms with E-state index in [1.807, 2.05) is 13.8 Å². The van der Waals surface area contributed by atoms with E-state index in [4.69, 9.17) is 0 Å². The molecule has 26 heavy (non-hydrogen) atoms. The number of rotatable bonds is 5. The van der Waals surface area contributed by atoms with E-state index in [0.717, 1.165) is 36.6 Å². The van der Waals surface area contributed by atoms with Gasteiger partial charge in [0.1, 0.15) is 5.82 Å². The maximum Gasteiger partial charge on any atom is 0.291 e. The van der Waals surface area contributed by atoms with Gasteiger partial charge in [0.05, 0.1) is 18.6 Å². The zero-order chi connectivity index (χ0) is 19.1. The van der Waals surface area contributed by atoms with Gasteiger partial charge < -0.3 is 24.9 Å². The monoisotopic (exact) mass is 363 g/mol. The minimum Gasteiger partial charge on any atom is -0.396 e. The highest BCUT2D eigenvalue weighted by molar-refractivity contribution is 5.91. The molecule has 2 N–H and O–H groups in total. The largest absolute Gasteiger partial charge is 0.396 e. The van der Waals surface area contributed by atoms with Gasteiger partial charge in [0.15, 0.2) is 0 Å². The molecule has 2 aliphatic rings. The van der Waals surface area contributed by atoms with Crippen molar-refractivity contribution in [2.45, 2.75) is 26.3 Å². The zero-order valence-corrected chi connectivity index (χ0v) is 16.1. The smallest absolute Gasteiger partial charge is 0.291 e. The van der Waals surface area contributed by atoms with E-state index in [2.05, 4.69) is 33.9 Å². The molecule has 1 atom stereocenters. The second kappa shape index (κ2) is 7.09. The molecule has 0 aliphatic carbocycles. The molecule has 0 radical (unpaired) electrons. The Morgan fingerprint density at radius 2 is 1.88 bits per heavy atom. The molecule has 0 aromatic carbocycles. The molecule has 0 saturated carbocycles. The van der Waals surface area contributed by atoms with Crippen molar-refractivity contribution in [3.8, 4) is 0 Å². The molecule has 2 fully saturated rings. The summed E-state index contributed by atoms with van der Waals surface area (Å²) in [7, 11) is 4.17. The number of aromatic nitrogens is 2. The van der Waals surface area contributed by atoms with Crippen LogP contribution in [0.5, 0.6) is 0 Å². The Morgan fingerprint density at radius 3 is 2.42 bits per heavy atom. The highest BCUT2D eigenvalue weighted by Gasteiger charge is 2.45. The van der Waals surface area contributed by atoms with Crippen molar-refractivity contribution in [2.24, 2.45) is 5.41 Å². The van der Waals surface area contributed by atoms with Crippen molar-refractivity contribution in [3.63, 3.8) is 0 Å². The highest BCUT2D eigenvalue weighted by atomic mass is 16.3. The lowest BCUT2D eigenvalue weighted by Crippen LogP contribution is -2.62. The summed E-state index contributed by atoms with van der Waals surface area (Å²) in [5.74, 6) is 0.789. The van der Waals surface area contributed by atoms with Gasteiger partial charge in [-0.2, -0.15) is 0 Å². The van der Waals surface area contributed by atoms with Crippen molar-refractivity contribution in [2.75, 3.05) is 58.4 Å². The average molecular weight is 363 g/mol. The molecule has 0 spiro atoms. The number of carbonyl (C=O) groups is 1. The third-order valence-corrected chi connectivity index (χ3v) is 5.76. The van der Waals surface area contributed by atoms with E-state index >= 15 is 0 Å². The molecule has 1 aromatic rings. The molecule has 1 aromatic heterocycles. The molecule has 3 heterocycles. The van der Waals surface area contributed by atoms with Crippen molar-refractivity contribution in [1.29, 1.82) is 0 Å². The van der Waals surface area contributed by atoms with Crippen LogP contribution in [0.1, 0.15) is 28.3 Å². The van der Waals surface area contributed by atoms with E-state index in [1.54, 1.807) is 4.90 Å². The third-order valence-electron chi connectivity index (χ3n) is 5.76. The maximum atomic E-state index is 12.8. The van der Waals surface area contributed by atoms with Crippen LogP contribution in [0.25, 0.3) is 0 Å². The number of likely N-dealkylation sites (tertiary alicyclic amines) is 1. The predicted octanol–water partition coefficient (Wildman–Crippen LogP) is -0.339. The van der Waals surface area contributed by atoms with Gasteiger partial charge in [0.25, 0.3) is 5.91 Å². The van der Waals surface area contributed by atoms with Gasteiger partial charge in [0, 0.05) is 43.5 Å². The van der Waals surface area contributed by atoms with E-state index in [-0.39, 0.29) is 24.9 Å². The molecule has 144 valence electrons. The number of aryl methyl sites for hydroxylation is 1. The summed E-state index contributed by atoms with van der Waals surface area (Å²) in [5, 5.41) is 18.8.